The van der Waals surface area contributed by atoms with Gasteiger partial charge in [0.25, 0.3) is 0 Å². The van der Waals surface area contributed by atoms with Gasteiger partial charge in [0, 0.05) is 11.9 Å². The lowest BCUT2D eigenvalue weighted by Gasteiger charge is -2.13. The average molecular weight is 310 g/mol. The zero-order chi connectivity index (χ0) is 12.0. The van der Waals surface area contributed by atoms with Crippen molar-refractivity contribution in [1.82, 2.24) is 0 Å². The second-order valence-electron chi connectivity index (χ2n) is 3.00. The summed E-state index contributed by atoms with van der Waals surface area (Å²) in [6.45, 7) is 2.66. The van der Waals surface area contributed by atoms with Crippen LogP contribution in [0.4, 0.5) is 0 Å². The van der Waals surface area contributed by atoms with Gasteiger partial charge < -0.3 is 14.2 Å². The van der Waals surface area contributed by atoms with E-state index in [1.165, 1.54) is 0 Å². The molecule has 1 rings (SSSR count). The van der Waals surface area contributed by atoms with Gasteiger partial charge in [-0.1, -0.05) is 27.5 Å². The minimum Gasteiger partial charge on any atom is -0.493 e. The Morgan fingerprint density at radius 2 is 2.12 bits per heavy atom. The van der Waals surface area contributed by atoms with Crippen molar-refractivity contribution in [3.05, 3.63) is 22.7 Å². The SMILES string of the molecule is CCOCOc1c(Cl)cc(CBr)cc1OC. The number of rotatable bonds is 6. The first-order valence-electron chi connectivity index (χ1n) is 4.85. The van der Waals surface area contributed by atoms with Crippen LogP contribution in [0.15, 0.2) is 12.1 Å². The molecule has 0 bridgehead atoms. The highest BCUT2D eigenvalue weighted by Gasteiger charge is 2.11. The van der Waals surface area contributed by atoms with E-state index in [1.807, 2.05) is 19.1 Å². The Hall–Kier alpha value is -0.450. The van der Waals surface area contributed by atoms with E-state index in [0.717, 1.165) is 10.9 Å². The van der Waals surface area contributed by atoms with Crippen molar-refractivity contribution in [2.45, 2.75) is 12.3 Å². The predicted molar refractivity (Wildman–Crippen MR) is 67.8 cm³/mol. The van der Waals surface area contributed by atoms with E-state index in [1.54, 1.807) is 7.11 Å². The Morgan fingerprint density at radius 1 is 1.38 bits per heavy atom. The van der Waals surface area contributed by atoms with Crippen LogP contribution in [0.25, 0.3) is 0 Å². The third-order valence-electron chi connectivity index (χ3n) is 1.93. The van der Waals surface area contributed by atoms with E-state index in [0.29, 0.717) is 23.1 Å². The van der Waals surface area contributed by atoms with Crippen LogP contribution >= 0.6 is 27.5 Å². The molecule has 0 radical (unpaired) electrons. The highest BCUT2D eigenvalue weighted by molar-refractivity contribution is 9.08. The lowest BCUT2D eigenvalue weighted by molar-refractivity contribution is 0.0209. The van der Waals surface area contributed by atoms with E-state index in [4.69, 9.17) is 25.8 Å². The second-order valence-corrected chi connectivity index (χ2v) is 3.97. The number of alkyl halides is 1. The van der Waals surface area contributed by atoms with E-state index in [9.17, 15) is 0 Å². The molecule has 0 amide bonds. The normalized spacial score (nSPS) is 10.2. The summed E-state index contributed by atoms with van der Waals surface area (Å²) < 4.78 is 15.7. The molecule has 0 N–H and O–H groups in total. The standard InChI is InChI=1S/C11H14BrClO3/c1-3-15-7-16-11-9(13)4-8(6-12)5-10(11)14-2/h4-5H,3,6-7H2,1-2H3. The van der Waals surface area contributed by atoms with Crippen molar-refractivity contribution >= 4 is 27.5 Å². The van der Waals surface area contributed by atoms with Gasteiger partial charge in [0.1, 0.15) is 0 Å². The number of ether oxygens (including phenoxy) is 3. The highest BCUT2D eigenvalue weighted by atomic mass is 79.9. The molecule has 0 saturated heterocycles. The largest absolute Gasteiger partial charge is 0.493 e. The minimum absolute atomic E-state index is 0.167. The molecule has 0 unspecified atom stereocenters. The van der Waals surface area contributed by atoms with Crippen LogP contribution < -0.4 is 9.47 Å². The van der Waals surface area contributed by atoms with Crippen LogP contribution in [0.5, 0.6) is 11.5 Å². The maximum absolute atomic E-state index is 6.09. The van der Waals surface area contributed by atoms with Crippen molar-refractivity contribution < 1.29 is 14.2 Å². The number of hydrogen-bond acceptors (Lipinski definition) is 3. The second kappa shape index (κ2) is 6.99. The third-order valence-corrected chi connectivity index (χ3v) is 2.86. The number of methoxy groups -OCH3 is 1. The fourth-order valence-electron chi connectivity index (χ4n) is 1.17. The Bertz CT molecular complexity index is 344. The predicted octanol–water partition coefficient (Wildman–Crippen LogP) is 3.62. The van der Waals surface area contributed by atoms with Crippen LogP contribution in [-0.4, -0.2) is 20.5 Å². The molecule has 0 aliphatic heterocycles. The molecule has 0 aliphatic carbocycles. The lowest BCUT2D eigenvalue weighted by Crippen LogP contribution is -2.04. The fraction of sp³-hybridized carbons (Fsp3) is 0.455. The molecule has 0 heterocycles. The molecule has 0 aliphatic rings. The van der Waals surface area contributed by atoms with Crippen molar-refractivity contribution in [2.75, 3.05) is 20.5 Å². The Balaban J connectivity index is 2.88. The molecule has 0 saturated carbocycles. The maximum atomic E-state index is 6.09. The molecule has 3 nitrogen and oxygen atoms in total. The molecule has 0 aromatic heterocycles. The van der Waals surface area contributed by atoms with E-state index < -0.39 is 0 Å². The monoisotopic (exact) mass is 308 g/mol. The fourth-order valence-corrected chi connectivity index (χ4v) is 1.79. The first-order valence-corrected chi connectivity index (χ1v) is 6.35. The molecule has 0 atom stereocenters. The van der Waals surface area contributed by atoms with Gasteiger partial charge in [-0.3, -0.25) is 0 Å². The first kappa shape index (κ1) is 13.6. The summed E-state index contributed by atoms with van der Waals surface area (Å²) >= 11 is 9.45. The molecule has 1 aromatic rings. The maximum Gasteiger partial charge on any atom is 0.189 e. The lowest BCUT2D eigenvalue weighted by atomic mass is 10.2. The average Bonchev–Trinajstić information content (AvgIpc) is 2.30. The molecular weight excluding hydrogens is 295 g/mol. The van der Waals surface area contributed by atoms with Gasteiger partial charge in [0.15, 0.2) is 18.3 Å². The minimum atomic E-state index is 0.167. The smallest absolute Gasteiger partial charge is 0.189 e. The van der Waals surface area contributed by atoms with Crippen LogP contribution in [0.3, 0.4) is 0 Å². The molecular formula is C11H14BrClO3. The van der Waals surface area contributed by atoms with Crippen LogP contribution in [-0.2, 0) is 10.1 Å². The van der Waals surface area contributed by atoms with Crippen molar-refractivity contribution in [2.24, 2.45) is 0 Å². The summed E-state index contributed by atoms with van der Waals surface area (Å²) in [5.41, 5.74) is 1.03. The number of hydrogen-bond donors (Lipinski definition) is 0. The van der Waals surface area contributed by atoms with Gasteiger partial charge in [0.2, 0.25) is 0 Å². The van der Waals surface area contributed by atoms with Gasteiger partial charge in [-0.25, -0.2) is 0 Å². The summed E-state index contributed by atoms with van der Waals surface area (Å²) in [5.74, 6) is 1.13. The summed E-state index contributed by atoms with van der Waals surface area (Å²) in [6.07, 6.45) is 0. The molecule has 5 heteroatoms. The van der Waals surface area contributed by atoms with Gasteiger partial charge in [-0.05, 0) is 24.6 Å². The van der Waals surface area contributed by atoms with Gasteiger partial charge in [-0.15, -0.1) is 0 Å². The summed E-state index contributed by atoms with van der Waals surface area (Å²) in [5, 5.41) is 1.24. The topological polar surface area (TPSA) is 27.7 Å². The highest BCUT2D eigenvalue weighted by Crippen LogP contribution is 2.36. The Kier molecular flexibility index (Phi) is 5.95. The van der Waals surface area contributed by atoms with E-state index in [2.05, 4.69) is 15.9 Å². The van der Waals surface area contributed by atoms with Crippen LogP contribution in [0.1, 0.15) is 12.5 Å². The number of benzene rings is 1. The number of halogens is 2. The van der Waals surface area contributed by atoms with Gasteiger partial charge in [0.05, 0.1) is 12.1 Å². The van der Waals surface area contributed by atoms with E-state index >= 15 is 0 Å². The Labute approximate surface area is 109 Å². The zero-order valence-corrected chi connectivity index (χ0v) is 11.6. The van der Waals surface area contributed by atoms with Crippen LogP contribution in [0.2, 0.25) is 5.02 Å². The van der Waals surface area contributed by atoms with Crippen molar-refractivity contribution in [3.63, 3.8) is 0 Å². The zero-order valence-electron chi connectivity index (χ0n) is 9.26. The van der Waals surface area contributed by atoms with Gasteiger partial charge >= 0.3 is 0 Å². The summed E-state index contributed by atoms with van der Waals surface area (Å²) in [7, 11) is 1.58. The first-order chi connectivity index (χ1) is 7.72. The third kappa shape index (κ3) is 3.54. The Morgan fingerprint density at radius 3 is 2.69 bits per heavy atom. The molecule has 0 fully saturated rings. The quantitative estimate of drug-likeness (QED) is 0.456. The van der Waals surface area contributed by atoms with Crippen molar-refractivity contribution in [3.8, 4) is 11.5 Å². The molecule has 0 spiro atoms. The molecule has 90 valence electrons. The van der Waals surface area contributed by atoms with E-state index in [-0.39, 0.29) is 6.79 Å². The van der Waals surface area contributed by atoms with Gasteiger partial charge in [-0.2, -0.15) is 0 Å². The van der Waals surface area contributed by atoms with Crippen molar-refractivity contribution in [1.29, 1.82) is 0 Å². The molecule has 1 aromatic carbocycles. The van der Waals surface area contributed by atoms with Crippen LogP contribution in [0, 0.1) is 0 Å². The summed E-state index contributed by atoms with van der Waals surface area (Å²) in [6, 6.07) is 3.71. The summed E-state index contributed by atoms with van der Waals surface area (Å²) in [4.78, 5) is 0. The molecule has 16 heavy (non-hydrogen) atoms.